The molecule has 6 nitrogen and oxygen atoms in total. The predicted octanol–water partition coefficient (Wildman–Crippen LogP) is 1.66. The zero-order valence-corrected chi connectivity index (χ0v) is 14.9. The van der Waals surface area contributed by atoms with Crippen LogP contribution in [-0.2, 0) is 14.8 Å². The molecule has 1 aliphatic carbocycles. The van der Waals surface area contributed by atoms with E-state index >= 15 is 0 Å². The summed E-state index contributed by atoms with van der Waals surface area (Å²) < 4.78 is 41.1. The van der Waals surface area contributed by atoms with Crippen molar-refractivity contribution < 1.29 is 22.7 Å². The van der Waals surface area contributed by atoms with Crippen LogP contribution in [-0.4, -0.2) is 49.6 Å². The summed E-state index contributed by atoms with van der Waals surface area (Å²) in [5, 5.41) is 8.88. The highest BCUT2D eigenvalue weighted by Crippen LogP contribution is 2.28. The van der Waals surface area contributed by atoms with Crippen molar-refractivity contribution in [2.24, 2.45) is 0 Å². The topological polar surface area (TPSA) is 86.7 Å². The first-order valence-electron chi connectivity index (χ1n) is 7.89. The molecule has 1 saturated carbocycles. The quantitative estimate of drug-likeness (QED) is 0.774. The molecule has 0 aliphatic heterocycles. The van der Waals surface area contributed by atoms with Gasteiger partial charge in [-0.1, -0.05) is 6.92 Å². The van der Waals surface area contributed by atoms with E-state index in [2.05, 4.69) is 4.72 Å². The van der Waals surface area contributed by atoms with Crippen molar-refractivity contribution in [3.63, 3.8) is 0 Å². The highest BCUT2D eigenvalue weighted by atomic mass is 32.2. The first-order chi connectivity index (χ1) is 11.1. The number of nitrogens with zero attached hydrogens (tertiary/aromatic N) is 1. The number of aryl methyl sites for hydroxylation is 2. The summed E-state index contributed by atoms with van der Waals surface area (Å²) in [7, 11) is -3.73. The average molecular weight is 358 g/mol. The highest BCUT2D eigenvalue weighted by Gasteiger charge is 2.37. The number of rotatable bonds is 7. The molecule has 0 saturated heterocycles. The molecule has 0 bridgehead atoms. The second-order valence-corrected chi connectivity index (χ2v) is 7.92. The molecule has 8 heteroatoms. The molecule has 1 aromatic carbocycles. The van der Waals surface area contributed by atoms with Crippen LogP contribution in [0, 0.1) is 19.7 Å². The lowest BCUT2D eigenvalue weighted by Gasteiger charge is -2.42. The van der Waals surface area contributed by atoms with Crippen LogP contribution >= 0.6 is 0 Å². The lowest BCUT2D eigenvalue weighted by Crippen LogP contribution is -2.54. The summed E-state index contributed by atoms with van der Waals surface area (Å²) >= 11 is 0. The van der Waals surface area contributed by atoms with Crippen LogP contribution in [0.4, 0.5) is 4.39 Å². The van der Waals surface area contributed by atoms with Crippen molar-refractivity contribution in [1.82, 2.24) is 9.62 Å². The number of carboxylic acids is 1. The Bertz CT molecular complexity index is 707. The van der Waals surface area contributed by atoms with E-state index in [1.165, 1.54) is 12.1 Å². The Balaban J connectivity index is 2.04. The summed E-state index contributed by atoms with van der Waals surface area (Å²) in [6.07, 6.45) is 1.14. The molecule has 2 rings (SSSR count). The molecule has 0 atom stereocenters. The molecule has 134 valence electrons. The van der Waals surface area contributed by atoms with Crippen LogP contribution in [0.5, 0.6) is 0 Å². The largest absolute Gasteiger partial charge is 0.480 e. The second-order valence-electron chi connectivity index (χ2n) is 6.27. The molecule has 1 aromatic rings. The number of halogens is 1. The van der Waals surface area contributed by atoms with Crippen LogP contribution in [0.15, 0.2) is 17.0 Å². The second kappa shape index (κ2) is 7.16. The summed E-state index contributed by atoms with van der Waals surface area (Å²) in [5.74, 6) is -1.35. The minimum atomic E-state index is -3.73. The van der Waals surface area contributed by atoms with Gasteiger partial charge in [-0.05, 0) is 56.5 Å². The molecule has 0 amide bonds. The number of likely N-dealkylation sites (N-methyl/N-ethyl adjacent to an activating group) is 1. The van der Waals surface area contributed by atoms with Gasteiger partial charge in [-0.25, -0.2) is 17.5 Å². The van der Waals surface area contributed by atoms with Crippen LogP contribution < -0.4 is 4.72 Å². The van der Waals surface area contributed by atoms with Gasteiger partial charge in [-0.2, -0.15) is 0 Å². The lowest BCUT2D eigenvalue weighted by atomic mass is 9.86. The molecular weight excluding hydrogens is 335 g/mol. The van der Waals surface area contributed by atoms with E-state index in [-0.39, 0.29) is 23.5 Å². The maximum atomic E-state index is 13.4. The van der Waals surface area contributed by atoms with E-state index < -0.39 is 21.8 Å². The fourth-order valence-electron chi connectivity index (χ4n) is 3.25. The summed E-state index contributed by atoms with van der Waals surface area (Å²) in [6.45, 7) is 5.58. The minimum absolute atomic E-state index is 0.0448. The predicted molar refractivity (Wildman–Crippen MR) is 87.9 cm³/mol. The van der Waals surface area contributed by atoms with E-state index in [0.29, 0.717) is 30.5 Å². The highest BCUT2D eigenvalue weighted by molar-refractivity contribution is 7.89. The Morgan fingerprint density at radius 2 is 1.88 bits per heavy atom. The molecule has 24 heavy (non-hydrogen) atoms. The fourth-order valence-corrected chi connectivity index (χ4v) is 4.97. The van der Waals surface area contributed by atoms with Gasteiger partial charge < -0.3 is 5.11 Å². The molecule has 1 fully saturated rings. The van der Waals surface area contributed by atoms with Gasteiger partial charge in [0.2, 0.25) is 10.0 Å². The van der Waals surface area contributed by atoms with Crippen molar-refractivity contribution in [3.05, 3.63) is 29.1 Å². The molecule has 2 N–H and O–H groups in total. The van der Waals surface area contributed by atoms with E-state index in [1.807, 2.05) is 11.8 Å². The average Bonchev–Trinajstić information content (AvgIpc) is 2.38. The zero-order valence-electron chi connectivity index (χ0n) is 14.0. The van der Waals surface area contributed by atoms with Crippen molar-refractivity contribution in [2.75, 3.05) is 13.1 Å². The first kappa shape index (κ1) is 18.8. The van der Waals surface area contributed by atoms with Gasteiger partial charge in [0.25, 0.3) is 0 Å². The number of hydrogen-bond acceptors (Lipinski definition) is 4. The summed E-state index contributed by atoms with van der Waals surface area (Å²) in [4.78, 5) is 12.8. The van der Waals surface area contributed by atoms with E-state index in [0.717, 1.165) is 0 Å². The van der Waals surface area contributed by atoms with Crippen LogP contribution in [0.3, 0.4) is 0 Å². The monoisotopic (exact) mass is 358 g/mol. The Morgan fingerprint density at radius 3 is 2.33 bits per heavy atom. The number of carbonyl (C=O) groups is 1. The molecule has 1 aliphatic rings. The van der Waals surface area contributed by atoms with E-state index in [4.69, 9.17) is 5.11 Å². The third-order valence-corrected chi connectivity index (χ3v) is 6.21. The molecule has 0 aromatic heterocycles. The van der Waals surface area contributed by atoms with Crippen molar-refractivity contribution in [1.29, 1.82) is 0 Å². The maximum absolute atomic E-state index is 13.4. The molecule has 0 unspecified atom stereocenters. The van der Waals surface area contributed by atoms with Gasteiger partial charge in [0.05, 0.1) is 11.4 Å². The molecule has 0 heterocycles. The summed E-state index contributed by atoms with van der Waals surface area (Å²) in [6, 6.07) is 2.24. The summed E-state index contributed by atoms with van der Waals surface area (Å²) in [5.41, 5.74) is 0.744. The van der Waals surface area contributed by atoms with Gasteiger partial charge in [-0.3, -0.25) is 9.69 Å². The number of hydrogen-bond donors (Lipinski definition) is 2. The van der Waals surface area contributed by atoms with Gasteiger partial charge in [0.1, 0.15) is 5.82 Å². The standard InChI is InChI=1S/C16H23FN2O4S/c1-4-19(9-15(20)21)14-7-13(8-14)18-24(22,23)16-10(2)5-12(17)6-11(16)3/h5-6,13-14,18H,4,7-9H2,1-3H3,(H,20,21). The van der Waals surface area contributed by atoms with Crippen LogP contribution in [0.25, 0.3) is 0 Å². The van der Waals surface area contributed by atoms with Gasteiger partial charge in [0.15, 0.2) is 0 Å². The maximum Gasteiger partial charge on any atom is 0.317 e. The van der Waals surface area contributed by atoms with Gasteiger partial charge in [0, 0.05) is 12.1 Å². The van der Waals surface area contributed by atoms with Crippen molar-refractivity contribution in [3.8, 4) is 0 Å². The Labute approximate surface area is 141 Å². The zero-order chi connectivity index (χ0) is 18.1. The normalized spacial score (nSPS) is 20.9. The van der Waals surface area contributed by atoms with E-state index in [1.54, 1.807) is 13.8 Å². The van der Waals surface area contributed by atoms with Gasteiger partial charge in [-0.15, -0.1) is 0 Å². The number of carboxylic acid groups (broad SMARTS) is 1. The van der Waals surface area contributed by atoms with Crippen molar-refractivity contribution >= 4 is 16.0 Å². The number of sulfonamides is 1. The first-order valence-corrected chi connectivity index (χ1v) is 9.37. The smallest absolute Gasteiger partial charge is 0.317 e. The van der Waals surface area contributed by atoms with Crippen LogP contribution in [0.1, 0.15) is 30.9 Å². The number of benzene rings is 1. The van der Waals surface area contributed by atoms with E-state index in [9.17, 15) is 17.6 Å². The molecule has 0 radical (unpaired) electrons. The minimum Gasteiger partial charge on any atom is -0.480 e. The SMILES string of the molecule is CCN(CC(=O)O)C1CC(NS(=O)(=O)c2c(C)cc(F)cc2C)C1. The molecule has 0 spiro atoms. The Hall–Kier alpha value is -1.51. The van der Waals surface area contributed by atoms with Crippen molar-refractivity contribution in [2.45, 2.75) is 50.6 Å². The number of aliphatic carboxylic acids is 1. The van der Waals surface area contributed by atoms with Crippen LogP contribution in [0.2, 0.25) is 0 Å². The third-order valence-electron chi connectivity index (χ3n) is 4.39. The number of nitrogens with one attached hydrogen (secondary N) is 1. The Kier molecular flexibility index (Phi) is 5.62. The van der Waals surface area contributed by atoms with Gasteiger partial charge >= 0.3 is 5.97 Å². The lowest BCUT2D eigenvalue weighted by molar-refractivity contribution is -0.139. The molecular formula is C16H23FN2O4S. The Morgan fingerprint density at radius 1 is 1.33 bits per heavy atom. The fraction of sp³-hybridized carbons (Fsp3) is 0.562. The third kappa shape index (κ3) is 4.12.